The molecule has 0 radical (unpaired) electrons. The first-order chi connectivity index (χ1) is 10.0. The lowest BCUT2D eigenvalue weighted by Gasteiger charge is -2.10. The molecule has 0 saturated carbocycles. The summed E-state index contributed by atoms with van der Waals surface area (Å²) in [5, 5.41) is 2.68. The molecule has 21 heavy (non-hydrogen) atoms. The van der Waals surface area contributed by atoms with Crippen LogP contribution in [0.25, 0.3) is 0 Å². The van der Waals surface area contributed by atoms with Crippen LogP contribution in [-0.2, 0) is 13.6 Å². The minimum atomic E-state index is -0.405. The van der Waals surface area contributed by atoms with Gasteiger partial charge in [-0.2, -0.15) is 0 Å². The minimum absolute atomic E-state index is 0.196. The van der Waals surface area contributed by atoms with Crippen molar-refractivity contribution in [1.82, 2.24) is 9.88 Å². The molecule has 1 heterocycles. The lowest BCUT2D eigenvalue weighted by molar-refractivity contribution is 0.0941. The first-order valence-corrected chi connectivity index (χ1v) is 6.29. The van der Waals surface area contributed by atoms with E-state index in [4.69, 9.17) is 4.74 Å². The maximum atomic E-state index is 12.8. The van der Waals surface area contributed by atoms with Crippen molar-refractivity contribution in [3.8, 4) is 5.75 Å². The molecule has 1 aromatic carbocycles. The molecular formula is C15H15FN2O3. The molecule has 0 atom stereocenters. The van der Waals surface area contributed by atoms with Gasteiger partial charge in [-0.25, -0.2) is 4.39 Å². The van der Waals surface area contributed by atoms with E-state index in [0.717, 1.165) is 5.56 Å². The summed E-state index contributed by atoms with van der Waals surface area (Å²) in [5.41, 5.74) is 0.625. The lowest BCUT2D eigenvalue weighted by atomic mass is 10.2. The predicted octanol–water partition coefficient (Wildman–Crippen LogP) is 1.46. The molecule has 0 bridgehead atoms. The molecule has 6 heteroatoms. The van der Waals surface area contributed by atoms with Gasteiger partial charge in [0, 0.05) is 25.7 Å². The van der Waals surface area contributed by atoms with E-state index < -0.39 is 5.91 Å². The second-order valence-electron chi connectivity index (χ2n) is 4.49. The maximum absolute atomic E-state index is 12.8. The number of carbonyl (C=O) groups is 1. The molecule has 0 aliphatic rings. The van der Waals surface area contributed by atoms with Crippen molar-refractivity contribution in [3.63, 3.8) is 0 Å². The predicted molar refractivity (Wildman–Crippen MR) is 75.8 cm³/mol. The summed E-state index contributed by atoms with van der Waals surface area (Å²) in [7, 11) is 2.93. The Morgan fingerprint density at radius 3 is 2.57 bits per heavy atom. The summed E-state index contributed by atoms with van der Waals surface area (Å²) in [6.45, 7) is 0.241. The second-order valence-corrected chi connectivity index (χ2v) is 4.49. The number of ether oxygens (including phenoxy) is 1. The van der Waals surface area contributed by atoms with Crippen LogP contribution in [0, 0.1) is 5.82 Å². The molecule has 110 valence electrons. The quantitative estimate of drug-likeness (QED) is 0.927. The van der Waals surface area contributed by atoms with Crippen LogP contribution in [0.3, 0.4) is 0 Å². The number of aromatic nitrogens is 1. The first-order valence-electron chi connectivity index (χ1n) is 6.29. The van der Waals surface area contributed by atoms with E-state index in [9.17, 15) is 14.0 Å². The molecule has 2 aromatic rings. The van der Waals surface area contributed by atoms with Crippen molar-refractivity contribution in [2.75, 3.05) is 7.11 Å². The zero-order chi connectivity index (χ0) is 15.4. The van der Waals surface area contributed by atoms with E-state index in [2.05, 4.69) is 5.32 Å². The molecule has 5 nitrogen and oxygen atoms in total. The molecule has 1 amide bonds. The third-order valence-corrected chi connectivity index (χ3v) is 3.07. The zero-order valence-corrected chi connectivity index (χ0v) is 11.7. The highest BCUT2D eigenvalue weighted by Gasteiger charge is 2.12. The van der Waals surface area contributed by atoms with Crippen molar-refractivity contribution in [2.45, 2.75) is 6.54 Å². The Bertz CT molecular complexity index is 708. The largest absolute Gasteiger partial charge is 0.496 e. The monoisotopic (exact) mass is 290 g/mol. The van der Waals surface area contributed by atoms with E-state index >= 15 is 0 Å². The van der Waals surface area contributed by atoms with Gasteiger partial charge in [-0.1, -0.05) is 12.1 Å². The van der Waals surface area contributed by atoms with Gasteiger partial charge in [0.05, 0.1) is 7.11 Å². The van der Waals surface area contributed by atoms with Crippen LogP contribution in [0.15, 0.2) is 41.2 Å². The molecule has 0 spiro atoms. The number of halogens is 1. The Kier molecular flexibility index (Phi) is 4.37. The molecule has 0 unspecified atom stereocenters. The number of carbonyl (C=O) groups excluding carboxylic acids is 1. The lowest BCUT2D eigenvalue weighted by Crippen LogP contribution is -2.30. The molecule has 1 aromatic heterocycles. The number of nitrogens with one attached hydrogen (secondary N) is 1. The Morgan fingerprint density at radius 1 is 1.29 bits per heavy atom. The van der Waals surface area contributed by atoms with E-state index in [1.54, 1.807) is 12.1 Å². The highest BCUT2D eigenvalue weighted by molar-refractivity contribution is 5.92. The van der Waals surface area contributed by atoms with Gasteiger partial charge in [-0.15, -0.1) is 0 Å². The zero-order valence-electron chi connectivity index (χ0n) is 11.7. The summed E-state index contributed by atoms with van der Waals surface area (Å²) in [6, 6.07) is 8.60. The molecule has 0 aliphatic carbocycles. The fourth-order valence-corrected chi connectivity index (χ4v) is 1.82. The van der Waals surface area contributed by atoms with E-state index in [-0.39, 0.29) is 23.6 Å². The van der Waals surface area contributed by atoms with Crippen LogP contribution in [-0.4, -0.2) is 17.6 Å². The Hall–Kier alpha value is -2.63. The van der Waals surface area contributed by atoms with Gasteiger partial charge >= 0.3 is 0 Å². The van der Waals surface area contributed by atoms with E-state index in [1.165, 1.54) is 43.0 Å². The third-order valence-electron chi connectivity index (χ3n) is 3.07. The van der Waals surface area contributed by atoms with Crippen LogP contribution >= 0.6 is 0 Å². The SMILES string of the molecule is COc1cc(C(=O)NCc2ccc(F)cc2)n(C)c(=O)c1. The maximum Gasteiger partial charge on any atom is 0.268 e. The standard InChI is InChI=1S/C15H15FN2O3/c1-18-13(7-12(21-2)8-14(18)19)15(20)17-9-10-3-5-11(16)6-4-10/h3-8H,9H2,1-2H3,(H,17,20). The van der Waals surface area contributed by atoms with Crippen molar-refractivity contribution < 1.29 is 13.9 Å². The Morgan fingerprint density at radius 2 is 1.95 bits per heavy atom. The number of hydrogen-bond donors (Lipinski definition) is 1. The number of nitrogens with zero attached hydrogens (tertiary/aromatic N) is 1. The minimum Gasteiger partial charge on any atom is -0.496 e. The number of pyridine rings is 1. The average molecular weight is 290 g/mol. The van der Waals surface area contributed by atoms with Crippen molar-refractivity contribution in [1.29, 1.82) is 0 Å². The molecule has 2 rings (SSSR count). The summed E-state index contributed by atoms with van der Waals surface area (Å²) in [4.78, 5) is 23.8. The van der Waals surface area contributed by atoms with Gasteiger partial charge in [0.1, 0.15) is 17.3 Å². The summed E-state index contributed by atoms with van der Waals surface area (Å²) in [6.07, 6.45) is 0. The molecule has 0 fully saturated rings. The summed E-state index contributed by atoms with van der Waals surface area (Å²) < 4.78 is 19.0. The summed E-state index contributed by atoms with van der Waals surface area (Å²) in [5.74, 6) is -0.414. The average Bonchev–Trinajstić information content (AvgIpc) is 2.49. The smallest absolute Gasteiger partial charge is 0.268 e. The van der Waals surface area contributed by atoms with E-state index in [1.807, 2.05) is 0 Å². The topological polar surface area (TPSA) is 60.3 Å². The van der Waals surface area contributed by atoms with Crippen molar-refractivity contribution in [3.05, 3.63) is 63.8 Å². The highest BCUT2D eigenvalue weighted by atomic mass is 19.1. The van der Waals surface area contributed by atoms with Gasteiger partial charge in [0.2, 0.25) is 0 Å². The normalized spacial score (nSPS) is 10.2. The molecule has 1 N–H and O–H groups in total. The molecule has 0 saturated heterocycles. The first kappa shape index (κ1) is 14.8. The van der Waals surface area contributed by atoms with Gasteiger partial charge < -0.3 is 14.6 Å². The summed E-state index contributed by atoms with van der Waals surface area (Å²) >= 11 is 0. The van der Waals surface area contributed by atoms with Crippen LogP contribution in [0.2, 0.25) is 0 Å². The molecular weight excluding hydrogens is 275 g/mol. The second kappa shape index (κ2) is 6.21. The van der Waals surface area contributed by atoms with Crippen LogP contribution in [0.4, 0.5) is 4.39 Å². The number of hydrogen-bond acceptors (Lipinski definition) is 3. The van der Waals surface area contributed by atoms with Crippen LogP contribution in [0.1, 0.15) is 16.1 Å². The number of rotatable bonds is 4. The Balaban J connectivity index is 2.15. The van der Waals surface area contributed by atoms with Crippen molar-refractivity contribution in [2.24, 2.45) is 7.05 Å². The van der Waals surface area contributed by atoms with E-state index in [0.29, 0.717) is 5.75 Å². The van der Waals surface area contributed by atoms with Gasteiger partial charge in [-0.3, -0.25) is 9.59 Å². The van der Waals surface area contributed by atoms with Crippen molar-refractivity contribution >= 4 is 5.91 Å². The Labute approximate surface area is 121 Å². The number of amides is 1. The van der Waals surface area contributed by atoms with Gasteiger partial charge in [0.15, 0.2) is 0 Å². The highest BCUT2D eigenvalue weighted by Crippen LogP contribution is 2.09. The fraction of sp³-hybridized carbons (Fsp3) is 0.200. The van der Waals surface area contributed by atoms with Gasteiger partial charge in [-0.05, 0) is 17.7 Å². The van der Waals surface area contributed by atoms with Gasteiger partial charge in [0.25, 0.3) is 11.5 Å². The number of methoxy groups -OCH3 is 1. The number of benzene rings is 1. The van der Waals surface area contributed by atoms with Crippen LogP contribution < -0.4 is 15.6 Å². The fourth-order valence-electron chi connectivity index (χ4n) is 1.82. The third kappa shape index (κ3) is 3.47. The van der Waals surface area contributed by atoms with Crippen LogP contribution in [0.5, 0.6) is 5.75 Å². The molecule has 0 aliphatic heterocycles.